The molecule has 3 fully saturated rings. The Balaban J connectivity index is 0.00000245. The van der Waals surface area contributed by atoms with Gasteiger partial charge in [0.1, 0.15) is 5.39 Å². The van der Waals surface area contributed by atoms with Crippen LogP contribution in [0.5, 0.6) is 0 Å². The van der Waals surface area contributed by atoms with Crippen molar-refractivity contribution in [3.8, 4) is 5.82 Å². The van der Waals surface area contributed by atoms with Crippen molar-refractivity contribution in [2.24, 2.45) is 10.3 Å². The van der Waals surface area contributed by atoms with Gasteiger partial charge in [0.05, 0.1) is 6.54 Å². The SMILES string of the molecule is C=CCn1c(=O)c2cnc(NC34CCC(C3)C4)nc2n1-c1cccc(N=S(C)(C)=O)n1.[HH]. The van der Waals surface area contributed by atoms with Gasteiger partial charge in [-0.1, -0.05) is 12.1 Å². The Kier molecular flexibility index (Phi) is 4.51. The van der Waals surface area contributed by atoms with E-state index >= 15 is 0 Å². The second-order valence-electron chi connectivity index (χ2n) is 8.76. The number of anilines is 1. The Hall–Kier alpha value is -3.01. The van der Waals surface area contributed by atoms with Crippen LogP contribution < -0.4 is 10.9 Å². The van der Waals surface area contributed by atoms with E-state index in [0.717, 1.165) is 25.2 Å². The standard InChI is InChI=1S/C21H25N7O2S.H2/c1-4-10-27-19(29)15-13-22-20(25-21-9-8-14(11-21)12-21)24-18(15)28(27)17-7-5-6-16(23-17)26-31(2,3)30;/h4-7,13-14H,1,8-12H2,2-3H3,(H,22,24,25);1H. The molecule has 3 aromatic rings. The maximum Gasteiger partial charge on any atom is 0.278 e. The average Bonchev–Trinajstić information content (AvgIpc) is 3.33. The number of allylic oxidation sites excluding steroid dienone is 1. The van der Waals surface area contributed by atoms with Crippen LogP contribution in [-0.4, -0.2) is 46.6 Å². The number of hydrogen-bond donors (Lipinski definition) is 1. The molecular formula is C21H27N7O2S. The van der Waals surface area contributed by atoms with E-state index in [4.69, 9.17) is 4.98 Å². The van der Waals surface area contributed by atoms with E-state index in [0.29, 0.717) is 28.6 Å². The highest BCUT2D eigenvalue weighted by Gasteiger charge is 2.50. The lowest BCUT2D eigenvalue weighted by molar-refractivity contribution is 0.272. The van der Waals surface area contributed by atoms with Crippen molar-refractivity contribution in [3.63, 3.8) is 0 Å². The van der Waals surface area contributed by atoms with E-state index in [9.17, 15) is 9.00 Å². The Bertz CT molecular complexity index is 1370. The van der Waals surface area contributed by atoms with Gasteiger partial charge in [0, 0.05) is 35.4 Å². The molecule has 3 aliphatic rings. The Labute approximate surface area is 181 Å². The fourth-order valence-corrected chi connectivity index (χ4v) is 5.30. The predicted molar refractivity (Wildman–Crippen MR) is 124 cm³/mol. The van der Waals surface area contributed by atoms with Crippen LogP contribution in [0.1, 0.15) is 27.1 Å². The van der Waals surface area contributed by atoms with E-state index < -0.39 is 9.73 Å². The summed E-state index contributed by atoms with van der Waals surface area (Å²) < 4.78 is 19.5. The van der Waals surface area contributed by atoms with Gasteiger partial charge in [0.2, 0.25) is 5.95 Å². The minimum atomic E-state index is -2.37. The monoisotopic (exact) mass is 441 g/mol. The van der Waals surface area contributed by atoms with Crippen LogP contribution in [0.4, 0.5) is 11.8 Å². The van der Waals surface area contributed by atoms with E-state index in [1.807, 2.05) is 0 Å². The lowest BCUT2D eigenvalue weighted by atomic mass is 9.77. The third kappa shape index (κ3) is 3.54. The third-order valence-corrected chi connectivity index (χ3v) is 6.62. The molecule has 164 valence electrons. The van der Waals surface area contributed by atoms with E-state index in [1.165, 1.54) is 11.1 Å². The summed E-state index contributed by atoms with van der Waals surface area (Å²) in [4.78, 5) is 26.7. The molecule has 0 aromatic carbocycles. The molecule has 0 unspecified atom stereocenters. The number of hydrogen-bond acceptors (Lipinski definition) is 7. The number of aromatic nitrogens is 5. The summed E-state index contributed by atoms with van der Waals surface area (Å²) in [7, 11) is -2.37. The highest BCUT2D eigenvalue weighted by Crippen LogP contribution is 2.53. The molecule has 2 bridgehead atoms. The van der Waals surface area contributed by atoms with Crippen molar-refractivity contribution in [1.82, 2.24) is 24.3 Å². The fourth-order valence-electron chi connectivity index (χ4n) is 4.75. The summed E-state index contributed by atoms with van der Waals surface area (Å²) in [5.41, 5.74) is 0.336. The quantitative estimate of drug-likeness (QED) is 0.589. The number of fused-ring (bicyclic) bond motifs is 2. The van der Waals surface area contributed by atoms with Gasteiger partial charge in [0.25, 0.3) is 5.56 Å². The first-order valence-corrected chi connectivity index (χ1v) is 12.6. The molecule has 3 heterocycles. The molecule has 0 spiro atoms. The van der Waals surface area contributed by atoms with Crippen molar-refractivity contribution in [2.75, 3.05) is 17.8 Å². The molecule has 0 aliphatic heterocycles. The van der Waals surface area contributed by atoms with Crippen LogP contribution in [0.15, 0.2) is 46.2 Å². The van der Waals surface area contributed by atoms with Crippen molar-refractivity contribution in [1.29, 1.82) is 0 Å². The van der Waals surface area contributed by atoms with Crippen LogP contribution in [0.25, 0.3) is 16.9 Å². The van der Waals surface area contributed by atoms with Crippen molar-refractivity contribution in [3.05, 3.63) is 47.4 Å². The summed E-state index contributed by atoms with van der Waals surface area (Å²) >= 11 is 0. The summed E-state index contributed by atoms with van der Waals surface area (Å²) in [5, 5.41) is 3.92. The van der Waals surface area contributed by atoms with Crippen LogP contribution in [0.3, 0.4) is 0 Å². The predicted octanol–water partition coefficient (Wildman–Crippen LogP) is 3.12. The smallest absolute Gasteiger partial charge is 0.278 e. The fraction of sp³-hybridized carbons (Fsp3) is 0.429. The zero-order valence-corrected chi connectivity index (χ0v) is 18.4. The minimum absolute atomic E-state index is 0. The van der Waals surface area contributed by atoms with E-state index in [2.05, 4.69) is 26.2 Å². The van der Waals surface area contributed by atoms with Crippen LogP contribution in [-0.2, 0) is 16.3 Å². The Morgan fingerprint density at radius 3 is 2.87 bits per heavy atom. The average molecular weight is 442 g/mol. The molecule has 0 amide bonds. The molecule has 0 radical (unpaired) electrons. The molecule has 3 aliphatic carbocycles. The highest BCUT2D eigenvalue weighted by atomic mass is 32.2. The summed E-state index contributed by atoms with van der Waals surface area (Å²) in [6.45, 7) is 4.05. The molecular weight excluding hydrogens is 414 g/mol. The zero-order chi connectivity index (χ0) is 21.8. The van der Waals surface area contributed by atoms with E-state index in [1.54, 1.807) is 47.7 Å². The molecule has 9 nitrogen and oxygen atoms in total. The highest BCUT2D eigenvalue weighted by molar-refractivity contribution is 7.92. The van der Waals surface area contributed by atoms with Gasteiger partial charge in [0.15, 0.2) is 17.3 Å². The van der Waals surface area contributed by atoms with Gasteiger partial charge in [-0.25, -0.2) is 23.5 Å². The lowest BCUT2D eigenvalue weighted by Gasteiger charge is -2.39. The van der Waals surface area contributed by atoms with Crippen molar-refractivity contribution >= 4 is 32.5 Å². The van der Waals surface area contributed by atoms with Gasteiger partial charge in [-0.3, -0.25) is 4.79 Å². The Morgan fingerprint density at radius 2 is 2.19 bits per heavy atom. The molecule has 3 saturated carbocycles. The third-order valence-electron chi connectivity index (χ3n) is 5.99. The van der Waals surface area contributed by atoms with Crippen molar-refractivity contribution in [2.45, 2.75) is 37.8 Å². The second kappa shape index (κ2) is 7.01. The first-order chi connectivity index (χ1) is 14.8. The Morgan fingerprint density at radius 1 is 1.39 bits per heavy atom. The van der Waals surface area contributed by atoms with Crippen molar-refractivity contribution < 1.29 is 5.64 Å². The lowest BCUT2D eigenvalue weighted by Crippen LogP contribution is -2.43. The van der Waals surface area contributed by atoms with Gasteiger partial charge < -0.3 is 5.32 Å². The topological polar surface area (TPSA) is 107 Å². The summed E-state index contributed by atoms with van der Waals surface area (Å²) in [6, 6.07) is 5.23. The van der Waals surface area contributed by atoms with Gasteiger partial charge in [-0.15, -0.1) is 6.58 Å². The maximum atomic E-state index is 13.0. The molecule has 3 aromatic heterocycles. The van der Waals surface area contributed by atoms with Gasteiger partial charge in [-0.05, 0) is 43.7 Å². The molecule has 0 saturated heterocycles. The minimum Gasteiger partial charge on any atom is -0.349 e. The van der Waals surface area contributed by atoms with E-state index in [-0.39, 0.29) is 19.1 Å². The first kappa shape index (κ1) is 19.9. The molecule has 1 N–H and O–H groups in total. The van der Waals surface area contributed by atoms with Crippen LogP contribution in [0, 0.1) is 5.92 Å². The number of pyridine rings is 1. The van der Waals surface area contributed by atoms with Crippen LogP contribution >= 0.6 is 0 Å². The maximum absolute atomic E-state index is 13.0. The molecule has 0 atom stereocenters. The zero-order valence-electron chi connectivity index (χ0n) is 17.6. The van der Waals surface area contributed by atoms with Gasteiger partial charge >= 0.3 is 0 Å². The second-order valence-corrected chi connectivity index (χ2v) is 11.3. The largest absolute Gasteiger partial charge is 0.349 e. The summed E-state index contributed by atoms with van der Waals surface area (Å²) in [6.07, 6.45) is 11.0. The normalized spacial score (nSPS) is 22.3. The summed E-state index contributed by atoms with van der Waals surface area (Å²) in [5.74, 6) is 2.13. The van der Waals surface area contributed by atoms with Gasteiger partial charge in [-0.2, -0.15) is 9.35 Å². The number of nitrogens with zero attached hydrogens (tertiary/aromatic N) is 6. The first-order valence-electron chi connectivity index (χ1n) is 10.3. The van der Waals surface area contributed by atoms with Crippen LogP contribution in [0.2, 0.25) is 0 Å². The number of rotatable bonds is 6. The molecule has 6 rings (SSSR count). The molecule has 10 heteroatoms. The molecule has 31 heavy (non-hydrogen) atoms. The number of nitrogens with one attached hydrogen (secondary N) is 1.